The molecule has 0 aromatic rings. The molecular weight excluding hydrogens is 258 g/mol. The van der Waals surface area contributed by atoms with Crippen molar-refractivity contribution in [3.05, 3.63) is 0 Å². The van der Waals surface area contributed by atoms with Crippen LogP contribution in [0.3, 0.4) is 0 Å². The average Bonchev–Trinajstić information content (AvgIpc) is 3.25. The number of rotatable bonds is 6. The summed E-state index contributed by atoms with van der Waals surface area (Å²) in [6, 6.07) is 3.32. The van der Waals surface area contributed by atoms with E-state index in [0.29, 0.717) is 12.0 Å². The fourth-order valence-electron chi connectivity index (χ4n) is 4.39. The molecule has 2 aliphatic carbocycles. The summed E-state index contributed by atoms with van der Waals surface area (Å²) in [6.45, 7) is 6.09. The quantitative estimate of drug-likeness (QED) is 0.815. The zero-order chi connectivity index (χ0) is 14.7. The van der Waals surface area contributed by atoms with Crippen LogP contribution in [0.1, 0.15) is 64.7 Å². The maximum atomic E-state index is 9.74. The number of nitriles is 1. The van der Waals surface area contributed by atoms with Crippen LogP contribution in [0.2, 0.25) is 0 Å². The highest BCUT2D eigenvalue weighted by Crippen LogP contribution is 2.40. The summed E-state index contributed by atoms with van der Waals surface area (Å²) in [5, 5.41) is 13.4. The van der Waals surface area contributed by atoms with E-state index in [2.05, 4.69) is 23.2 Å². The monoisotopic (exact) mass is 289 g/mol. The van der Waals surface area contributed by atoms with Crippen LogP contribution >= 0.6 is 0 Å². The summed E-state index contributed by atoms with van der Waals surface area (Å²) >= 11 is 0. The van der Waals surface area contributed by atoms with E-state index in [-0.39, 0.29) is 5.54 Å². The fraction of sp³-hybridized carbons (Fsp3) is 0.944. The zero-order valence-electron chi connectivity index (χ0n) is 13.6. The Morgan fingerprint density at radius 2 is 1.95 bits per heavy atom. The molecule has 3 rings (SSSR count). The number of nitrogens with zero attached hydrogens (tertiary/aromatic N) is 2. The zero-order valence-corrected chi connectivity index (χ0v) is 13.6. The van der Waals surface area contributed by atoms with Crippen molar-refractivity contribution in [2.24, 2.45) is 11.8 Å². The van der Waals surface area contributed by atoms with Crippen LogP contribution < -0.4 is 5.32 Å². The van der Waals surface area contributed by atoms with Crippen LogP contribution in [0, 0.1) is 23.2 Å². The van der Waals surface area contributed by atoms with Crippen LogP contribution in [0.25, 0.3) is 0 Å². The maximum absolute atomic E-state index is 9.74. The van der Waals surface area contributed by atoms with E-state index in [9.17, 15) is 5.26 Å². The first-order valence-corrected chi connectivity index (χ1v) is 9.17. The van der Waals surface area contributed by atoms with Crippen LogP contribution in [-0.4, -0.2) is 36.1 Å². The number of nitrogens with one attached hydrogen (secondary N) is 1. The number of piperidine rings is 1. The van der Waals surface area contributed by atoms with Gasteiger partial charge in [0.15, 0.2) is 0 Å². The standard InChI is InChI=1S/C18H31N3/c1-2-15-7-11-21(12-8-15)13-9-16-4-3-10-18(16,14-19)20-17-5-6-17/h15-17,20H,2-13H2,1H3. The SMILES string of the molecule is CCC1CCN(CCC2CCCC2(C#N)NC2CC2)CC1. The van der Waals surface area contributed by atoms with E-state index in [1.807, 2.05) is 0 Å². The van der Waals surface area contributed by atoms with Crippen molar-refractivity contribution < 1.29 is 0 Å². The Morgan fingerprint density at radius 3 is 2.57 bits per heavy atom. The van der Waals surface area contributed by atoms with Gasteiger partial charge in [-0.15, -0.1) is 0 Å². The van der Waals surface area contributed by atoms with Crippen molar-refractivity contribution in [3.8, 4) is 6.07 Å². The largest absolute Gasteiger partial charge is 0.303 e. The molecule has 1 N–H and O–H groups in total. The first-order chi connectivity index (χ1) is 10.3. The second-order valence-corrected chi connectivity index (χ2v) is 7.57. The van der Waals surface area contributed by atoms with Gasteiger partial charge in [0.05, 0.1) is 6.07 Å². The molecule has 0 amide bonds. The second kappa shape index (κ2) is 6.67. The van der Waals surface area contributed by atoms with E-state index >= 15 is 0 Å². The third-order valence-electron chi connectivity index (χ3n) is 6.14. The van der Waals surface area contributed by atoms with Crippen LogP contribution in [0.4, 0.5) is 0 Å². The highest BCUT2D eigenvalue weighted by molar-refractivity contribution is 5.16. The Morgan fingerprint density at radius 1 is 1.19 bits per heavy atom. The number of hydrogen-bond acceptors (Lipinski definition) is 3. The number of hydrogen-bond donors (Lipinski definition) is 1. The van der Waals surface area contributed by atoms with Crippen molar-refractivity contribution in [2.75, 3.05) is 19.6 Å². The summed E-state index contributed by atoms with van der Waals surface area (Å²) in [5.74, 6) is 1.54. The minimum Gasteiger partial charge on any atom is -0.303 e. The van der Waals surface area contributed by atoms with Gasteiger partial charge in [-0.1, -0.05) is 19.8 Å². The van der Waals surface area contributed by atoms with Gasteiger partial charge >= 0.3 is 0 Å². The van der Waals surface area contributed by atoms with Gasteiger partial charge in [-0.25, -0.2) is 0 Å². The smallest absolute Gasteiger partial charge is 0.109 e. The van der Waals surface area contributed by atoms with E-state index in [0.717, 1.165) is 12.3 Å². The third-order valence-corrected chi connectivity index (χ3v) is 6.14. The molecule has 0 radical (unpaired) electrons. The Kier molecular flexibility index (Phi) is 4.86. The molecule has 2 saturated carbocycles. The highest BCUT2D eigenvalue weighted by atomic mass is 15.1. The predicted octanol–water partition coefficient (Wildman–Crippen LogP) is 3.31. The van der Waals surface area contributed by atoms with Gasteiger partial charge in [-0.3, -0.25) is 5.32 Å². The summed E-state index contributed by atoms with van der Waals surface area (Å²) in [5.41, 5.74) is -0.192. The van der Waals surface area contributed by atoms with Gasteiger partial charge in [0.1, 0.15) is 5.54 Å². The lowest BCUT2D eigenvalue weighted by Crippen LogP contribution is -2.49. The average molecular weight is 289 g/mol. The molecule has 1 heterocycles. The fourth-order valence-corrected chi connectivity index (χ4v) is 4.39. The van der Waals surface area contributed by atoms with Crippen LogP contribution in [0.5, 0.6) is 0 Å². The molecule has 118 valence electrons. The molecule has 3 heteroatoms. The highest BCUT2D eigenvalue weighted by Gasteiger charge is 2.45. The van der Waals surface area contributed by atoms with Crippen molar-refractivity contribution in [2.45, 2.75) is 76.3 Å². The van der Waals surface area contributed by atoms with Crippen LogP contribution in [-0.2, 0) is 0 Å². The minimum absolute atomic E-state index is 0.192. The van der Waals surface area contributed by atoms with E-state index in [1.165, 1.54) is 71.0 Å². The van der Waals surface area contributed by atoms with Crippen molar-refractivity contribution in [1.82, 2.24) is 10.2 Å². The first kappa shape index (κ1) is 15.3. The molecule has 0 bridgehead atoms. The third kappa shape index (κ3) is 3.60. The maximum Gasteiger partial charge on any atom is 0.109 e. The molecule has 2 atom stereocenters. The summed E-state index contributed by atoms with van der Waals surface area (Å²) in [4.78, 5) is 2.64. The lowest BCUT2D eigenvalue weighted by atomic mass is 9.85. The lowest BCUT2D eigenvalue weighted by molar-refractivity contribution is 0.162. The molecule has 0 aromatic heterocycles. The minimum atomic E-state index is -0.192. The van der Waals surface area contributed by atoms with E-state index in [4.69, 9.17) is 0 Å². The van der Waals surface area contributed by atoms with Crippen molar-refractivity contribution in [3.63, 3.8) is 0 Å². The van der Waals surface area contributed by atoms with E-state index in [1.54, 1.807) is 0 Å². The van der Waals surface area contributed by atoms with E-state index < -0.39 is 0 Å². The van der Waals surface area contributed by atoms with Gasteiger partial charge < -0.3 is 4.90 Å². The molecule has 1 saturated heterocycles. The molecule has 3 nitrogen and oxygen atoms in total. The summed E-state index contributed by atoms with van der Waals surface area (Å²) in [6.07, 6.45) is 11.4. The Hall–Kier alpha value is -0.590. The second-order valence-electron chi connectivity index (χ2n) is 7.57. The van der Waals surface area contributed by atoms with Crippen molar-refractivity contribution >= 4 is 0 Å². The van der Waals surface area contributed by atoms with Crippen LogP contribution in [0.15, 0.2) is 0 Å². The Labute approximate surface area is 130 Å². The Bertz CT molecular complexity index is 376. The topological polar surface area (TPSA) is 39.1 Å². The molecular formula is C18H31N3. The Balaban J connectivity index is 1.48. The van der Waals surface area contributed by atoms with Gasteiger partial charge in [0.2, 0.25) is 0 Å². The normalized spacial score (nSPS) is 35.0. The van der Waals surface area contributed by atoms with Gasteiger partial charge in [0.25, 0.3) is 0 Å². The van der Waals surface area contributed by atoms with Crippen molar-refractivity contribution in [1.29, 1.82) is 5.26 Å². The molecule has 3 aliphatic rings. The molecule has 2 unspecified atom stereocenters. The van der Waals surface area contributed by atoms with Gasteiger partial charge in [-0.2, -0.15) is 5.26 Å². The molecule has 1 aliphatic heterocycles. The first-order valence-electron chi connectivity index (χ1n) is 9.17. The molecule has 21 heavy (non-hydrogen) atoms. The molecule has 3 fully saturated rings. The van der Waals surface area contributed by atoms with Gasteiger partial charge in [-0.05, 0) is 76.4 Å². The molecule has 0 aromatic carbocycles. The summed E-state index contributed by atoms with van der Waals surface area (Å²) in [7, 11) is 0. The van der Waals surface area contributed by atoms with Gasteiger partial charge in [0, 0.05) is 6.04 Å². The molecule has 0 spiro atoms. The number of likely N-dealkylation sites (tertiary alicyclic amines) is 1. The lowest BCUT2D eigenvalue weighted by Gasteiger charge is -2.35. The predicted molar refractivity (Wildman–Crippen MR) is 85.9 cm³/mol. The summed E-state index contributed by atoms with van der Waals surface area (Å²) < 4.78 is 0.